The number of fused-ring (bicyclic) bond motifs is 3. The van der Waals surface area contributed by atoms with Gasteiger partial charge in [0.25, 0.3) is 0 Å². The summed E-state index contributed by atoms with van der Waals surface area (Å²) >= 11 is 0. The van der Waals surface area contributed by atoms with Crippen molar-refractivity contribution in [1.82, 2.24) is 9.97 Å². The Balaban J connectivity index is 1.90. The van der Waals surface area contributed by atoms with Crippen LogP contribution >= 0.6 is 0 Å². The van der Waals surface area contributed by atoms with E-state index in [1.54, 1.807) is 7.11 Å². The van der Waals surface area contributed by atoms with Crippen LogP contribution in [0.1, 0.15) is 0 Å². The maximum Gasteiger partial charge on any atom is 0.118 e. The number of pyridine rings is 1. The second kappa shape index (κ2) is 6.29. The number of H-pyrrole nitrogens is 1. The molecule has 3 nitrogen and oxygen atoms in total. The first-order valence-electron chi connectivity index (χ1n) is 8.94. The number of rotatable bonds is 3. The zero-order valence-electron chi connectivity index (χ0n) is 14.9. The van der Waals surface area contributed by atoms with E-state index in [0.29, 0.717) is 0 Å². The molecule has 0 saturated heterocycles. The van der Waals surface area contributed by atoms with Crippen LogP contribution in [0.15, 0.2) is 85.1 Å². The van der Waals surface area contributed by atoms with Crippen molar-refractivity contribution in [3.63, 3.8) is 0 Å². The minimum Gasteiger partial charge on any atom is -0.497 e. The summed E-state index contributed by atoms with van der Waals surface area (Å²) in [5.74, 6) is 0.846. The van der Waals surface area contributed by atoms with Gasteiger partial charge in [-0.25, -0.2) is 0 Å². The third-order valence-corrected chi connectivity index (χ3v) is 4.97. The van der Waals surface area contributed by atoms with Gasteiger partial charge in [-0.3, -0.25) is 4.98 Å². The molecule has 0 aliphatic carbocycles. The van der Waals surface area contributed by atoms with Crippen LogP contribution in [0, 0.1) is 0 Å². The summed E-state index contributed by atoms with van der Waals surface area (Å²) in [6.07, 6.45) is 1.94. The number of aromatic nitrogens is 2. The molecule has 1 N–H and O–H groups in total. The summed E-state index contributed by atoms with van der Waals surface area (Å²) < 4.78 is 5.34. The lowest BCUT2D eigenvalue weighted by Gasteiger charge is -2.12. The first-order valence-corrected chi connectivity index (χ1v) is 8.94. The quantitative estimate of drug-likeness (QED) is 0.429. The monoisotopic (exact) mass is 350 g/mol. The molecule has 0 saturated carbocycles. The van der Waals surface area contributed by atoms with Crippen molar-refractivity contribution >= 4 is 21.8 Å². The molecular weight excluding hydrogens is 332 g/mol. The Bertz CT molecular complexity index is 1240. The number of hydrogen-bond donors (Lipinski definition) is 1. The molecule has 2 aromatic heterocycles. The van der Waals surface area contributed by atoms with Gasteiger partial charge in [-0.2, -0.15) is 0 Å². The Hall–Kier alpha value is -3.59. The van der Waals surface area contributed by atoms with E-state index in [4.69, 9.17) is 9.72 Å². The topological polar surface area (TPSA) is 37.9 Å². The van der Waals surface area contributed by atoms with Gasteiger partial charge in [0.15, 0.2) is 0 Å². The van der Waals surface area contributed by atoms with Crippen LogP contribution in [0.2, 0.25) is 0 Å². The normalized spacial score (nSPS) is 11.1. The number of benzene rings is 3. The number of aromatic amines is 1. The number of ether oxygens (including phenoxy) is 1. The second-order valence-corrected chi connectivity index (χ2v) is 6.54. The fraction of sp³-hybridized carbons (Fsp3) is 0.0417. The van der Waals surface area contributed by atoms with Crippen molar-refractivity contribution in [3.8, 4) is 28.1 Å². The lowest BCUT2D eigenvalue weighted by molar-refractivity contribution is 0.415. The molecule has 0 unspecified atom stereocenters. The van der Waals surface area contributed by atoms with E-state index in [1.165, 1.54) is 10.8 Å². The van der Waals surface area contributed by atoms with Gasteiger partial charge in [0.1, 0.15) is 5.75 Å². The zero-order chi connectivity index (χ0) is 18.2. The summed E-state index contributed by atoms with van der Waals surface area (Å²) in [6.45, 7) is 0. The smallest absolute Gasteiger partial charge is 0.118 e. The van der Waals surface area contributed by atoms with Crippen LogP contribution in [0.5, 0.6) is 5.75 Å². The molecule has 0 amide bonds. The SMILES string of the molecule is COc1ccc(-c2c(-c3ccccc3)ncc3[nH]c4ccccc4c23)cc1. The van der Waals surface area contributed by atoms with Crippen LogP contribution in [-0.2, 0) is 0 Å². The largest absolute Gasteiger partial charge is 0.497 e. The number of nitrogens with zero attached hydrogens (tertiary/aromatic N) is 1. The van der Waals surface area contributed by atoms with E-state index in [-0.39, 0.29) is 0 Å². The lowest BCUT2D eigenvalue weighted by atomic mass is 9.95. The summed E-state index contributed by atoms with van der Waals surface area (Å²) in [6, 6.07) is 26.9. The van der Waals surface area contributed by atoms with Crippen LogP contribution in [-0.4, -0.2) is 17.1 Å². The zero-order valence-corrected chi connectivity index (χ0v) is 14.9. The molecule has 5 aromatic rings. The first-order chi connectivity index (χ1) is 13.3. The van der Waals surface area contributed by atoms with E-state index in [0.717, 1.165) is 39.2 Å². The predicted octanol–water partition coefficient (Wildman–Crippen LogP) is 6.06. The minimum atomic E-state index is 0.846. The van der Waals surface area contributed by atoms with E-state index >= 15 is 0 Å². The molecule has 3 heteroatoms. The molecule has 3 aromatic carbocycles. The highest BCUT2D eigenvalue weighted by atomic mass is 16.5. The third kappa shape index (κ3) is 2.56. The molecular formula is C24H18N2O. The van der Waals surface area contributed by atoms with E-state index in [2.05, 4.69) is 53.5 Å². The van der Waals surface area contributed by atoms with Crippen molar-refractivity contribution in [2.75, 3.05) is 7.11 Å². The molecule has 0 fully saturated rings. The van der Waals surface area contributed by atoms with Gasteiger partial charge in [0.2, 0.25) is 0 Å². The van der Waals surface area contributed by atoms with Crippen molar-refractivity contribution in [2.45, 2.75) is 0 Å². The summed E-state index contributed by atoms with van der Waals surface area (Å²) in [5.41, 5.74) is 6.51. The number of para-hydroxylation sites is 1. The van der Waals surface area contributed by atoms with Crippen molar-refractivity contribution in [3.05, 3.63) is 85.1 Å². The Morgan fingerprint density at radius 2 is 1.48 bits per heavy atom. The average Bonchev–Trinajstić information content (AvgIpc) is 3.12. The van der Waals surface area contributed by atoms with E-state index < -0.39 is 0 Å². The van der Waals surface area contributed by atoms with Crippen molar-refractivity contribution in [1.29, 1.82) is 0 Å². The molecule has 130 valence electrons. The molecule has 2 heterocycles. The summed E-state index contributed by atoms with van der Waals surface area (Å²) in [5, 5.41) is 2.41. The predicted molar refractivity (Wildman–Crippen MR) is 111 cm³/mol. The number of nitrogens with one attached hydrogen (secondary N) is 1. The highest BCUT2D eigenvalue weighted by Crippen LogP contribution is 2.40. The average molecular weight is 350 g/mol. The second-order valence-electron chi connectivity index (χ2n) is 6.54. The maximum atomic E-state index is 5.34. The third-order valence-electron chi connectivity index (χ3n) is 4.97. The van der Waals surface area contributed by atoms with Gasteiger partial charge < -0.3 is 9.72 Å². The molecule has 0 aliphatic heterocycles. The van der Waals surface area contributed by atoms with Crippen LogP contribution < -0.4 is 4.74 Å². The Morgan fingerprint density at radius 1 is 0.741 bits per heavy atom. The van der Waals surface area contributed by atoms with Crippen LogP contribution in [0.3, 0.4) is 0 Å². The van der Waals surface area contributed by atoms with Crippen LogP contribution in [0.4, 0.5) is 0 Å². The molecule has 0 atom stereocenters. The van der Waals surface area contributed by atoms with Gasteiger partial charge in [-0.15, -0.1) is 0 Å². The fourth-order valence-corrected chi connectivity index (χ4v) is 3.69. The highest BCUT2D eigenvalue weighted by molar-refractivity contribution is 6.16. The molecule has 0 spiro atoms. The van der Waals surface area contributed by atoms with E-state index in [1.807, 2.05) is 36.5 Å². The first kappa shape index (κ1) is 15.6. The number of methoxy groups -OCH3 is 1. The van der Waals surface area contributed by atoms with Gasteiger partial charge >= 0.3 is 0 Å². The lowest BCUT2D eigenvalue weighted by Crippen LogP contribution is -1.91. The molecule has 5 rings (SSSR count). The molecule has 0 radical (unpaired) electrons. The standard InChI is InChI=1S/C24H18N2O/c1-27-18-13-11-16(12-14-18)22-23-19-9-5-6-10-20(19)26-21(23)15-25-24(22)17-7-3-2-4-8-17/h2-15,26H,1H3. The fourth-order valence-electron chi connectivity index (χ4n) is 3.69. The van der Waals surface area contributed by atoms with Gasteiger partial charge in [-0.1, -0.05) is 60.7 Å². The van der Waals surface area contributed by atoms with Crippen molar-refractivity contribution in [2.24, 2.45) is 0 Å². The Kier molecular flexibility index (Phi) is 3.65. The van der Waals surface area contributed by atoms with Gasteiger partial charge in [0, 0.05) is 27.4 Å². The summed E-state index contributed by atoms with van der Waals surface area (Å²) in [4.78, 5) is 8.33. The highest BCUT2D eigenvalue weighted by Gasteiger charge is 2.17. The molecule has 27 heavy (non-hydrogen) atoms. The van der Waals surface area contributed by atoms with Gasteiger partial charge in [-0.05, 0) is 23.8 Å². The molecule has 0 aliphatic rings. The summed E-state index contributed by atoms with van der Waals surface area (Å²) in [7, 11) is 1.69. The number of hydrogen-bond acceptors (Lipinski definition) is 2. The Labute approximate surface area is 157 Å². The minimum absolute atomic E-state index is 0.846. The molecule has 0 bridgehead atoms. The maximum absolute atomic E-state index is 5.34. The van der Waals surface area contributed by atoms with Crippen LogP contribution in [0.25, 0.3) is 44.2 Å². The van der Waals surface area contributed by atoms with Gasteiger partial charge in [0.05, 0.1) is 24.5 Å². The van der Waals surface area contributed by atoms with E-state index in [9.17, 15) is 0 Å². The Morgan fingerprint density at radius 3 is 2.26 bits per heavy atom. The van der Waals surface area contributed by atoms with Crippen molar-refractivity contribution < 1.29 is 4.74 Å².